The number of aryl methyl sites for hydroxylation is 1. The molecule has 11 heteroatoms. The van der Waals surface area contributed by atoms with Crippen LogP contribution >= 0.6 is 22.9 Å². The molecule has 3 aromatic rings. The van der Waals surface area contributed by atoms with Gasteiger partial charge in [0.05, 0.1) is 16.1 Å². The van der Waals surface area contributed by atoms with Crippen molar-refractivity contribution in [3.05, 3.63) is 75.6 Å². The maximum Gasteiger partial charge on any atom is 0.333 e. The lowest BCUT2D eigenvalue weighted by Crippen LogP contribution is -2.35. The number of amides is 3. The van der Waals surface area contributed by atoms with Crippen LogP contribution in [0.4, 0.5) is 15.5 Å². The number of fused-ring (bicyclic) bond motifs is 1. The summed E-state index contributed by atoms with van der Waals surface area (Å²) in [7, 11) is -4.05. The average molecular weight is 519 g/mol. The monoisotopic (exact) mass is 518 g/mol. The van der Waals surface area contributed by atoms with Gasteiger partial charge in [-0.1, -0.05) is 36.2 Å². The van der Waals surface area contributed by atoms with E-state index in [9.17, 15) is 18.0 Å². The van der Waals surface area contributed by atoms with E-state index in [2.05, 4.69) is 16.2 Å². The van der Waals surface area contributed by atoms with Gasteiger partial charge in [-0.3, -0.25) is 21.0 Å². The highest BCUT2D eigenvalue weighted by molar-refractivity contribution is 7.90. The molecule has 0 unspecified atom stereocenters. The van der Waals surface area contributed by atoms with Gasteiger partial charge < -0.3 is 0 Å². The van der Waals surface area contributed by atoms with E-state index < -0.39 is 22.0 Å². The van der Waals surface area contributed by atoms with Crippen molar-refractivity contribution in [1.29, 1.82) is 0 Å². The van der Waals surface area contributed by atoms with Gasteiger partial charge in [-0.2, -0.15) is 0 Å². The second-order valence-corrected chi connectivity index (χ2v) is 11.0. The molecule has 0 saturated heterocycles. The number of rotatable bonds is 6. The predicted molar refractivity (Wildman–Crippen MR) is 134 cm³/mol. The van der Waals surface area contributed by atoms with Gasteiger partial charge in [-0.15, -0.1) is 11.3 Å². The quantitative estimate of drug-likeness (QED) is 0.272. The van der Waals surface area contributed by atoms with Gasteiger partial charge in [0.15, 0.2) is 0 Å². The number of benzene rings is 2. The summed E-state index contributed by atoms with van der Waals surface area (Å²) in [5.41, 5.74) is 7.38. The lowest BCUT2D eigenvalue weighted by atomic mass is 10.1. The number of anilines is 2. The molecule has 1 aliphatic rings. The molecule has 178 valence electrons. The zero-order chi connectivity index (χ0) is 24.1. The van der Waals surface area contributed by atoms with Gasteiger partial charge >= 0.3 is 6.03 Å². The standard InChI is InChI=1S/C23H23ClN4O4S2/c24-15-11-13-16(14-12-15)26-27-21(29)20-18-9-5-2-6-10-19(18)33-22(20)25-23(30)28-34(31,32)17-7-3-1-4-8-17/h1,3-4,7-8,11-14,26H,2,5-6,9-10H2,(H,27,29)(H2,25,28,30). The third-order valence-corrected chi connectivity index (χ3v) is 8.13. The number of urea groups is 1. The first-order chi connectivity index (χ1) is 16.3. The van der Waals surface area contributed by atoms with Crippen LogP contribution in [0.3, 0.4) is 0 Å². The van der Waals surface area contributed by atoms with Gasteiger partial charge in [0.25, 0.3) is 15.9 Å². The zero-order valence-corrected chi connectivity index (χ0v) is 20.4. The van der Waals surface area contributed by atoms with E-state index in [-0.39, 0.29) is 4.90 Å². The van der Waals surface area contributed by atoms with Gasteiger partial charge in [0.1, 0.15) is 5.00 Å². The summed E-state index contributed by atoms with van der Waals surface area (Å²) in [6.07, 6.45) is 4.50. The van der Waals surface area contributed by atoms with Gasteiger partial charge in [-0.25, -0.2) is 17.9 Å². The minimum atomic E-state index is -4.05. The van der Waals surface area contributed by atoms with Crippen molar-refractivity contribution >= 4 is 55.6 Å². The van der Waals surface area contributed by atoms with Crippen molar-refractivity contribution in [3.8, 4) is 0 Å². The number of carbonyl (C=O) groups is 2. The van der Waals surface area contributed by atoms with Crippen LogP contribution in [0.5, 0.6) is 0 Å². The highest BCUT2D eigenvalue weighted by Crippen LogP contribution is 2.37. The van der Waals surface area contributed by atoms with Gasteiger partial charge in [0.2, 0.25) is 0 Å². The summed E-state index contributed by atoms with van der Waals surface area (Å²) >= 11 is 7.21. The number of nitrogens with one attached hydrogen (secondary N) is 4. The molecule has 0 atom stereocenters. The van der Waals surface area contributed by atoms with E-state index >= 15 is 0 Å². The number of hydrogen-bond donors (Lipinski definition) is 4. The lowest BCUT2D eigenvalue weighted by Gasteiger charge is -2.12. The summed E-state index contributed by atoms with van der Waals surface area (Å²) in [4.78, 5) is 26.8. The van der Waals surface area contributed by atoms with Crippen molar-refractivity contribution < 1.29 is 18.0 Å². The molecule has 0 bridgehead atoms. The molecule has 2 aromatic carbocycles. The average Bonchev–Trinajstić information content (AvgIpc) is 2.98. The Morgan fingerprint density at radius 2 is 1.62 bits per heavy atom. The van der Waals surface area contributed by atoms with Crippen molar-refractivity contribution in [1.82, 2.24) is 10.1 Å². The second-order valence-electron chi connectivity index (χ2n) is 7.73. The molecule has 4 N–H and O–H groups in total. The van der Waals surface area contributed by atoms with Crippen LogP contribution < -0.4 is 20.9 Å². The van der Waals surface area contributed by atoms with E-state index in [1.54, 1.807) is 42.5 Å². The van der Waals surface area contributed by atoms with Crippen molar-refractivity contribution in [2.75, 3.05) is 10.7 Å². The molecule has 0 aliphatic heterocycles. The minimum absolute atomic E-state index is 0.0303. The Hall–Kier alpha value is -3.08. The molecule has 1 aliphatic carbocycles. The van der Waals surface area contributed by atoms with Crippen LogP contribution in [0.25, 0.3) is 0 Å². The van der Waals surface area contributed by atoms with Crippen molar-refractivity contribution in [3.63, 3.8) is 0 Å². The number of sulfonamides is 1. The molecule has 3 amide bonds. The number of hydrogen-bond acceptors (Lipinski definition) is 6. The van der Waals surface area contributed by atoms with Crippen LogP contribution in [-0.4, -0.2) is 20.4 Å². The second kappa shape index (κ2) is 10.5. The smallest absolute Gasteiger partial charge is 0.298 e. The predicted octanol–water partition coefficient (Wildman–Crippen LogP) is 4.94. The third kappa shape index (κ3) is 5.69. The molecular formula is C23H23ClN4O4S2. The van der Waals surface area contributed by atoms with E-state index in [4.69, 9.17) is 11.6 Å². The van der Waals surface area contributed by atoms with Crippen LogP contribution in [0.1, 0.15) is 40.1 Å². The Balaban J connectivity index is 1.55. The Labute approximate surface area is 206 Å². The van der Waals surface area contributed by atoms with E-state index in [0.717, 1.165) is 36.1 Å². The normalized spacial score (nSPS) is 13.3. The molecule has 0 fully saturated rings. The number of thiophene rings is 1. The van der Waals surface area contributed by atoms with Gasteiger partial charge in [-0.05, 0) is 67.6 Å². The van der Waals surface area contributed by atoms with E-state index in [0.29, 0.717) is 27.7 Å². The fourth-order valence-electron chi connectivity index (χ4n) is 3.70. The zero-order valence-electron chi connectivity index (χ0n) is 18.1. The van der Waals surface area contributed by atoms with Crippen LogP contribution in [0, 0.1) is 0 Å². The highest BCUT2D eigenvalue weighted by Gasteiger charge is 2.27. The van der Waals surface area contributed by atoms with Crippen LogP contribution in [-0.2, 0) is 22.9 Å². The van der Waals surface area contributed by atoms with Crippen molar-refractivity contribution in [2.45, 2.75) is 37.0 Å². The molecular weight excluding hydrogens is 496 g/mol. The van der Waals surface area contributed by atoms with Crippen LogP contribution in [0.2, 0.25) is 5.02 Å². The molecule has 0 spiro atoms. The Kier molecular flexibility index (Phi) is 7.40. The maximum absolute atomic E-state index is 13.2. The molecule has 8 nitrogen and oxygen atoms in total. The largest absolute Gasteiger partial charge is 0.333 e. The Morgan fingerprint density at radius 3 is 2.35 bits per heavy atom. The number of hydrazine groups is 1. The third-order valence-electron chi connectivity index (χ3n) is 5.32. The first-order valence-corrected chi connectivity index (χ1v) is 13.4. The molecule has 34 heavy (non-hydrogen) atoms. The fourth-order valence-corrected chi connectivity index (χ4v) is 6.04. The maximum atomic E-state index is 13.2. The van der Waals surface area contributed by atoms with Crippen LogP contribution in [0.15, 0.2) is 59.5 Å². The van der Waals surface area contributed by atoms with E-state index in [1.165, 1.54) is 23.5 Å². The summed E-state index contributed by atoms with van der Waals surface area (Å²) in [6, 6.07) is 13.5. The molecule has 1 aromatic heterocycles. The Morgan fingerprint density at radius 1 is 0.912 bits per heavy atom. The highest BCUT2D eigenvalue weighted by atomic mass is 35.5. The molecule has 0 saturated carbocycles. The lowest BCUT2D eigenvalue weighted by molar-refractivity contribution is 0.0963. The molecule has 0 radical (unpaired) electrons. The van der Waals surface area contributed by atoms with E-state index in [1.807, 2.05) is 4.72 Å². The minimum Gasteiger partial charge on any atom is -0.298 e. The SMILES string of the molecule is O=C(Nc1sc2c(c1C(=O)NNc1ccc(Cl)cc1)CCCCC2)NS(=O)(=O)c1ccccc1. The number of carbonyl (C=O) groups excluding carboxylic acids is 2. The summed E-state index contributed by atoms with van der Waals surface area (Å²) in [5, 5.41) is 3.46. The summed E-state index contributed by atoms with van der Waals surface area (Å²) in [6.45, 7) is 0. The van der Waals surface area contributed by atoms with Gasteiger partial charge in [0, 0.05) is 9.90 Å². The first kappa shape index (κ1) is 24.1. The Bertz CT molecular complexity index is 1290. The molecule has 4 rings (SSSR count). The fraction of sp³-hybridized carbons (Fsp3) is 0.217. The number of halogens is 1. The summed E-state index contributed by atoms with van der Waals surface area (Å²) < 4.78 is 27.0. The first-order valence-electron chi connectivity index (χ1n) is 10.7. The molecule has 1 heterocycles. The topological polar surface area (TPSA) is 116 Å². The van der Waals surface area contributed by atoms with Crippen molar-refractivity contribution in [2.24, 2.45) is 0 Å². The summed E-state index contributed by atoms with van der Waals surface area (Å²) in [5.74, 6) is -0.421.